The second-order valence-corrected chi connectivity index (χ2v) is 8.91. The van der Waals surface area contributed by atoms with E-state index in [1.807, 2.05) is 50.2 Å². The van der Waals surface area contributed by atoms with Gasteiger partial charge in [-0.1, -0.05) is 30.3 Å². The molecule has 4 rings (SSSR count). The van der Waals surface area contributed by atoms with E-state index < -0.39 is 0 Å². The van der Waals surface area contributed by atoms with Gasteiger partial charge < -0.3 is 10.1 Å². The molecular weight excluding hydrogens is 450 g/mol. The van der Waals surface area contributed by atoms with Gasteiger partial charge in [0.05, 0.1) is 17.0 Å². The third kappa shape index (κ3) is 5.04. The Hall–Kier alpha value is -3.85. The Balaban J connectivity index is 1.46. The third-order valence-corrected chi connectivity index (χ3v) is 6.60. The van der Waals surface area contributed by atoms with Gasteiger partial charge in [-0.15, -0.1) is 11.3 Å². The Morgan fingerprint density at radius 1 is 1.09 bits per heavy atom. The number of aryl methyl sites for hydroxylation is 3. The summed E-state index contributed by atoms with van der Waals surface area (Å²) in [5.74, 6) is 0.247. The number of nitrogens with one attached hydrogen (secondary N) is 1. The summed E-state index contributed by atoms with van der Waals surface area (Å²) in [5, 5.41) is 7.66. The van der Waals surface area contributed by atoms with Crippen LogP contribution >= 0.6 is 11.3 Å². The maximum Gasteiger partial charge on any atom is 0.277 e. The zero-order chi connectivity index (χ0) is 24.2. The zero-order valence-electron chi connectivity index (χ0n) is 19.5. The summed E-state index contributed by atoms with van der Waals surface area (Å²) in [5.41, 5.74) is 4.26. The first-order valence-corrected chi connectivity index (χ1v) is 11.6. The van der Waals surface area contributed by atoms with Crippen LogP contribution in [0, 0.1) is 20.8 Å². The molecule has 0 aliphatic rings. The summed E-state index contributed by atoms with van der Waals surface area (Å²) in [6, 6.07) is 13.5. The molecule has 0 unspecified atom stereocenters. The first-order chi connectivity index (χ1) is 16.3. The van der Waals surface area contributed by atoms with Crippen LogP contribution in [0.2, 0.25) is 0 Å². The lowest BCUT2D eigenvalue weighted by Crippen LogP contribution is -2.23. The van der Waals surface area contributed by atoms with Crippen LogP contribution in [-0.2, 0) is 20.2 Å². The minimum absolute atomic E-state index is 0.233. The highest BCUT2D eigenvalue weighted by molar-refractivity contribution is 7.17. The molecule has 8 nitrogen and oxygen atoms in total. The van der Waals surface area contributed by atoms with Crippen molar-refractivity contribution in [3.63, 3.8) is 0 Å². The van der Waals surface area contributed by atoms with E-state index in [9.17, 15) is 9.59 Å². The largest absolute Gasteiger partial charge is 0.473 e. The molecule has 0 aliphatic carbocycles. The van der Waals surface area contributed by atoms with Gasteiger partial charge in [-0.2, -0.15) is 5.10 Å². The second kappa shape index (κ2) is 9.96. The van der Waals surface area contributed by atoms with Gasteiger partial charge in [0.2, 0.25) is 5.88 Å². The Kier molecular flexibility index (Phi) is 6.83. The standard InChI is InChI=1S/C25H25N5O3S/c1-15-16(2)29-30(4)25(32)21(15)24-28-17(3)22(34-24)23(31)27-13-19-10-11-26-20(12-19)33-14-18-8-6-5-7-9-18/h5-12H,13-14H2,1-4H3,(H,27,31). The van der Waals surface area contributed by atoms with Crippen LogP contribution in [-0.4, -0.2) is 25.7 Å². The SMILES string of the molecule is Cc1nc(-c2c(C)c(C)nn(C)c2=O)sc1C(=O)NCc1ccnc(OCc2ccccc2)c1. The number of benzene rings is 1. The van der Waals surface area contributed by atoms with Gasteiger partial charge in [-0.25, -0.2) is 14.6 Å². The molecule has 0 atom stereocenters. The molecule has 0 fully saturated rings. The Morgan fingerprint density at radius 2 is 1.85 bits per heavy atom. The number of carbonyl (C=O) groups is 1. The topological polar surface area (TPSA) is 99.0 Å². The molecular formula is C25H25N5O3S. The van der Waals surface area contributed by atoms with Gasteiger partial charge >= 0.3 is 0 Å². The third-order valence-electron chi connectivity index (χ3n) is 5.42. The zero-order valence-corrected chi connectivity index (χ0v) is 20.3. The first-order valence-electron chi connectivity index (χ1n) is 10.8. The fourth-order valence-corrected chi connectivity index (χ4v) is 4.52. The van der Waals surface area contributed by atoms with Gasteiger partial charge in [0.1, 0.15) is 16.5 Å². The molecule has 1 aromatic carbocycles. The number of aromatic nitrogens is 4. The number of ether oxygens (including phenoxy) is 1. The first kappa shape index (κ1) is 23.3. The van der Waals surface area contributed by atoms with Crippen molar-refractivity contribution in [3.05, 3.63) is 92.0 Å². The van der Waals surface area contributed by atoms with Crippen molar-refractivity contribution in [2.75, 3.05) is 0 Å². The fourth-order valence-electron chi connectivity index (χ4n) is 3.45. The normalized spacial score (nSPS) is 10.8. The van der Waals surface area contributed by atoms with Crippen molar-refractivity contribution in [1.29, 1.82) is 0 Å². The van der Waals surface area contributed by atoms with E-state index >= 15 is 0 Å². The van der Waals surface area contributed by atoms with Crippen molar-refractivity contribution >= 4 is 17.2 Å². The van der Waals surface area contributed by atoms with Crippen molar-refractivity contribution in [2.24, 2.45) is 7.05 Å². The Labute approximate surface area is 201 Å². The number of amides is 1. The lowest BCUT2D eigenvalue weighted by Gasteiger charge is -2.08. The van der Waals surface area contributed by atoms with E-state index in [1.54, 1.807) is 26.2 Å². The number of hydrogen-bond acceptors (Lipinski definition) is 7. The van der Waals surface area contributed by atoms with Crippen molar-refractivity contribution in [1.82, 2.24) is 25.1 Å². The number of hydrogen-bond donors (Lipinski definition) is 1. The highest BCUT2D eigenvalue weighted by atomic mass is 32.1. The lowest BCUT2D eigenvalue weighted by molar-refractivity contribution is 0.0954. The summed E-state index contributed by atoms with van der Waals surface area (Å²) in [6.45, 7) is 6.19. The summed E-state index contributed by atoms with van der Waals surface area (Å²) < 4.78 is 7.07. The summed E-state index contributed by atoms with van der Waals surface area (Å²) >= 11 is 1.21. The average molecular weight is 476 g/mol. The number of rotatable bonds is 7. The van der Waals surface area contributed by atoms with E-state index in [2.05, 4.69) is 20.4 Å². The van der Waals surface area contributed by atoms with Crippen LogP contribution in [0.1, 0.15) is 37.7 Å². The molecule has 0 saturated heterocycles. The molecule has 0 saturated carbocycles. The van der Waals surface area contributed by atoms with Crippen LogP contribution < -0.4 is 15.6 Å². The maximum absolute atomic E-state index is 12.9. The molecule has 3 aromatic heterocycles. The van der Waals surface area contributed by atoms with Crippen LogP contribution in [0.25, 0.3) is 10.6 Å². The molecule has 174 valence electrons. The summed E-state index contributed by atoms with van der Waals surface area (Å²) in [4.78, 5) is 34.8. The monoisotopic (exact) mass is 475 g/mol. The van der Waals surface area contributed by atoms with Gasteiger partial charge in [0.15, 0.2) is 0 Å². The van der Waals surface area contributed by atoms with Crippen LogP contribution in [0.4, 0.5) is 0 Å². The number of pyridine rings is 1. The summed E-state index contributed by atoms with van der Waals surface area (Å²) in [7, 11) is 1.61. The molecule has 4 aromatic rings. The fraction of sp³-hybridized carbons (Fsp3) is 0.240. The number of thiazole rings is 1. The van der Waals surface area contributed by atoms with Gasteiger partial charge in [-0.3, -0.25) is 9.59 Å². The van der Waals surface area contributed by atoms with E-state index in [-0.39, 0.29) is 11.5 Å². The van der Waals surface area contributed by atoms with Crippen molar-refractivity contribution in [3.8, 4) is 16.5 Å². The molecule has 34 heavy (non-hydrogen) atoms. The van der Waals surface area contributed by atoms with Crippen molar-refractivity contribution < 1.29 is 9.53 Å². The molecule has 3 heterocycles. The molecule has 1 N–H and O–H groups in total. The highest BCUT2D eigenvalue weighted by Gasteiger charge is 2.21. The van der Waals surface area contributed by atoms with E-state index in [1.165, 1.54) is 16.0 Å². The molecule has 0 bridgehead atoms. The Morgan fingerprint density at radius 3 is 2.62 bits per heavy atom. The van der Waals surface area contributed by atoms with Gasteiger partial charge in [-0.05, 0) is 43.5 Å². The minimum Gasteiger partial charge on any atom is -0.473 e. The average Bonchev–Trinajstić information content (AvgIpc) is 3.22. The van der Waals surface area contributed by atoms with Crippen LogP contribution in [0.3, 0.4) is 0 Å². The predicted octanol–water partition coefficient (Wildman–Crippen LogP) is 3.73. The maximum atomic E-state index is 12.9. The smallest absolute Gasteiger partial charge is 0.277 e. The highest BCUT2D eigenvalue weighted by Crippen LogP contribution is 2.28. The van der Waals surface area contributed by atoms with Crippen LogP contribution in [0.5, 0.6) is 5.88 Å². The van der Waals surface area contributed by atoms with Crippen LogP contribution in [0.15, 0.2) is 53.5 Å². The predicted molar refractivity (Wildman–Crippen MR) is 131 cm³/mol. The molecule has 0 radical (unpaired) electrons. The minimum atomic E-state index is -0.245. The van der Waals surface area contributed by atoms with E-state index in [0.717, 1.165) is 22.4 Å². The summed E-state index contributed by atoms with van der Waals surface area (Å²) in [6.07, 6.45) is 1.65. The molecule has 0 aliphatic heterocycles. The quantitative estimate of drug-likeness (QED) is 0.437. The van der Waals surface area contributed by atoms with Crippen molar-refractivity contribution in [2.45, 2.75) is 33.9 Å². The number of nitrogens with zero attached hydrogens (tertiary/aromatic N) is 4. The molecule has 0 spiro atoms. The van der Waals surface area contributed by atoms with E-state index in [4.69, 9.17) is 4.74 Å². The molecule has 9 heteroatoms. The van der Waals surface area contributed by atoms with Gasteiger partial charge in [0.25, 0.3) is 11.5 Å². The molecule has 1 amide bonds. The lowest BCUT2D eigenvalue weighted by atomic mass is 10.1. The van der Waals surface area contributed by atoms with Gasteiger partial charge in [0, 0.05) is 25.9 Å². The number of carbonyl (C=O) groups excluding carboxylic acids is 1. The van der Waals surface area contributed by atoms with E-state index in [0.29, 0.717) is 40.2 Å². The second-order valence-electron chi connectivity index (χ2n) is 7.91. The Bertz CT molecular complexity index is 1400.